The van der Waals surface area contributed by atoms with E-state index in [2.05, 4.69) is 5.32 Å². The number of fused-ring (bicyclic) bond motifs is 1. The minimum Gasteiger partial charge on any atom is -0.493 e. The van der Waals surface area contributed by atoms with Crippen LogP contribution in [0.25, 0.3) is 6.08 Å². The lowest BCUT2D eigenvalue weighted by Crippen LogP contribution is -2.54. The summed E-state index contributed by atoms with van der Waals surface area (Å²) in [4.78, 5) is 39.1. The highest BCUT2D eigenvalue weighted by atomic mass is 35.5. The summed E-state index contributed by atoms with van der Waals surface area (Å²) in [6, 6.07) is 12.5. The van der Waals surface area contributed by atoms with Gasteiger partial charge in [-0.1, -0.05) is 23.7 Å². The maximum atomic E-state index is 13.5. The molecule has 5 rings (SSSR count). The highest BCUT2D eigenvalue weighted by Crippen LogP contribution is 2.39. The van der Waals surface area contributed by atoms with Crippen molar-refractivity contribution in [2.75, 3.05) is 18.8 Å². The third-order valence-electron chi connectivity index (χ3n) is 5.55. The van der Waals surface area contributed by atoms with Crippen LogP contribution in [0, 0.1) is 5.82 Å². The van der Waals surface area contributed by atoms with Crippen LogP contribution in [0.15, 0.2) is 60.2 Å². The van der Waals surface area contributed by atoms with E-state index in [0.29, 0.717) is 22.6 Å². The molecule has 0 bridgehead atoms. The van der Waals surface area contributed by atoms with Crippen molar-refractivity contribution in [1.82, 2.24) is 5.32 Å². The third kappa shape index (κ3) is 4.78. The fraction of sp³-hybridized carbons (Fsp3) is 0.115. The predicted molar refractivity (Wildman–Crippen MR) is 130 cm³/mol. The van der Waals surface area contributed by atoms with Crippen molar-refractivity contribution in [2.24, 2.45) is 0 Å². The summed E-state index contributed by atoms with van der Waals surface area (Å²) < 4.78 is 35.2. The molecule has 9 nitrogen and oxygen atoms in total. The molecule has 3 aromatic rings. The average Bonchev–Trinajstić information content (AvgIpc) is 3.33. The van der Waals surface area contributed by atoms with Crippen LogP contribution in [0.4, 0.5) is 14.9 Å². The summed E-state index contributed by atoms with van der Waals surface area (Å²) >= 11 is 6.42. The second-order valence-corrected chi connectivity index (χ2v) is 8.36. The van der Waals surface area contributed by atoms with E-state index in [0.717, 1.165) is 4.90 Å². The number of benzene rings is 3. The molecule has 2 aliphatic heterocycles. The number of methoxy groups -OCH3 is 1. The molecule has 37 heavy (non-hydrogen) atoms. The Morgan fingerprint density at radius 1 is 1.08 bits per heavy atom. The van der Waals surface area contributed by atoms with E-state index >= 15 is 0 Å². The minimum absolute atomic E-state index is 0.0209. The van der Waals surface area contributed by atoms with Crippen LogP contribution in [0.5, 0.6) is 23.0 Å². The van der Waals surface area contributed by atoms with E-state index < -0.39 is 23.7 Å². The Labute approximate surface area is 214 Å². The van der Waals surface area contributed by atoms with E-state index in [-0.39, 0.29) is 41.2 Å². The maximum Gasteiger partial charge on any atom is 0.335 e. The van der Waals surface area contributed by atoms with Gasteiger partial charge in [0.25, 0.3) is 11.8 Å². The first-order valence-corrected chi connectivity index (χ1v) is 11.3. The number of carbonyl (C=O) groups is 3. The van der Waals surface area contributed by atoms with Crippen molar-refractivity contribution < 1.29 is 37.7 Å². The van der Waals surface area contributed by atoms with Crippen molar-refractivity contribution in [2.45, 2.75) is 6.61 Å². The summed E-state index contributed by atoms with van der Waals surface area (Å²) in [5, 5.41) is 2.30. The molecule has 2 heterocycles. The van der Waals surface area contributed by atoms with Gasteiger partial charge < -0.3 is 18.9 Å². The Hall–Kier alpha value is -4.57. The lowest BCUT2D eigenvalue weighted by molar-refractivity contribution is -0.122. The number of imide groups is 2. The first-order valence-electron chi connectivity index (χ1n) is 10.9. The lowest BCUT2D eigenvalue weighted by atomic mass is 10.1. The number of halogens is 2. The van der Waals surface area contributed by atoms with Gasteiger partial charge in [-0.05, 0) is 53.6 Å². The van der Waals surface area contributed by atoms with Gasteiger partial charge in [-0.3, -0.25) is 14.9 Å². The monoisotopic (exact) mass is 524 g/mol. The van der Waals surface area contributed by atoms with Crippen LogP contribution < -0.4 is 29.2 Å². The van der Waals surface area contributed by atoms with Gasteiger partial charge >= 0.3 is 6.03 Å². The molecule has 0 radical (unpaired) electrons. The number of hydrogen-bond donors (Lipinski definition) is 1. The molecule has 1 N–H and O–H groups in total. The van der Waals surface area contributed by atoms with Gasteiger partial charge in [0.15, 0.2) is 23.0 Å². The second kappa shape index (κ2) is 9.82. The van der Waals surface area contributed by atoms with Gasteiger partial charge in [0.05, 0.1) is 17.8 Å². The van der Waals surface area contributed by atoms with Crippen molar-refractivity contribution in [3.8, 4) is 23.0 Å². The van der Waals surface area contributed by atoms with Crippen LogP contribution in [0.1, 0.15) is 11.1 Å². The largest absolute Gasteiger partial charge is 0.493 e. The SMILES string of the molecule is COc1cc(/C=C2\C(=O)NC(=O)N(c3ccc4c(c3)OCO4)C2=O)cc(Cl)c1OCc1cccc(F)c1. The third-order valence-corrected chi connectivity index (χ3v) is 5.83. The molecular formula is C26H18ClFN2O7. The average molecular weight is 525 g/mol. The number of carbonyl (C=O) groups excluding carboxylic acids is 3. The van der Waals surface area contributed by atoms with Crippen molar-refractivity contribution in [1.29, 1.82) is 0 Å². The van der Waals surface area contributed by atoms with E-state index in [1.165, 1.54) is 49.6 Å². The Balaban J connectivity index is 1.43. The Morgan fingerprint density at radius 2 is 1.89 bits per heavy atom. The van der Waals surface area contributed by atoms with Gasteiger partial charge in [0.1, 0.15) is 18.0 Å². The molecule has 11 heteroatoms. The lowest BCUT2D eigenvalue weighted by Gasteiger charge is -2.26. The summed E-state index contributed by atoms with van der Waals surface area (Å²) in [5.74, 6) is -0.837. The van der Waals surface area contributed by atoms with Crippen LogP contribution in [0.3, 0.4) is 0 Å². The van der Waals surface area contributed by atoms with Crippen LogP contribution in [-0.2, 0) is 16.2 Å². The molecule has 1 fully saturated rings. The van der Waals surface area contributed by atoms with Gasteiger partial charge in [-0.25, -0.2) is 14.1 Å². The molecule has 0 unspecified atom stereocenters. The van der Waals surface area contributed by atoms with Crippen LogP contribution in [0.2, 0.25) is 5.02 Å². The number of hydrogen-bond acceptors (Lipinski definition) is 7. The smallest absolute Gasteiger partial charge is 0.335 e. The van der Waals surface area contributed by atoms with Gasteiger partial charge in [0.2, 0.25) is 6.79 Å². The molecule has 0 aliphatic carbocycles. The summed E-state index contributed by atoms with van der Waals surface area (Å²) in [6.45, 7) is 0.0505. The molecule has 2 aliphatic rings. The summed E-state index contributed by atoms with van der Waals surface area (Å²) in [7, 11) is 1.40. The van der Waals surface area contributed by atoms with Gasteiger partial charge in [-0.15, -0.1) is 0 Å². The molecule has 0 aromatic heterocycles. The van der Waals surface area contributed by atoms with Crippen molar-refractivity contribution >= 4 is 41.2 Å². The first-order chi connectivity index (χ1) is 17.8. The van der Waals surface area contributed by atoms with E-state index in [1.54, 1.807) is 18.2 Å². The molecule has 0 spiro atoms. The molecule has 0 atom stereocenters. The molecule has 4 amide bonds. The zero-order valence-corrected chi connectivity index (χ0v) is 20.0. The van der Waals surface area contributed by atoms with Crippen LogP contribution in [-0.4, -0.2) is 31.7 Å². The van der Waals surface area contributed by atoms with E-state index in [4.69, 9.17) is 30.5 Å². The number of nitrogens with one attached hydrogen (secondary N) is 1. The number of nitrogens with zero attached hydrogens (tertiary/aromatic N) is 1. The molecule has 3 aromatic carbocycles. The zero-order valence-electron chi connectivity index (χ0n) is 19.2. The van der Waals surface area contributed by atoms with E-state index in [9.17, 15) is 18.8 Å². The highest BCUT2D eigenvalue weighted by molar-refractivity contribution is 6.39. The fourth-order valence-electron chi connectivity index (χ4n) is 3.83. The molecule has 188 valence electrons. The van der Waals surface area contributed by atoms with Crippen molar-refractivity contribution in [3.05, 3.63) is 82.1 Å². The summed E-state index contributed by atoms with van der Waals surface area (Å²) in [6.07, 6.45) is 1.29. The molecule has 0 saturated carbocycles. The summed E-state index contributed by atoms with van der Waals surface area (Å²) in [5.41, 5.74) is 0.825. The minimum atomic E-state index is -0.900. The first kappa shape index (κ1) is 24.1. The Morgan fingerprint density at radius 3 is 2.68 bits per heavy atom. The number of ether oxygens (including phenoxy) is 4. The van der Waals surface area contributed by atoms with Crippen LogP contribution >= 0.6 is 11.6 Å². The number of amides is 4. The second-order valence-electron chi connectivity index (χ2n) is 7.95. The number of anilines is 1. The van der Waals surface area contributed by atoms with Gasteiger partial charge in [0, 0.05) is 6.07 Å². The number of rotatable bonds is 6. The number of urea groups is 1. The fourth-order valence-corrected chi connectivity index (χ4v) is 4.10. The maximum absolute atomic E-state index is 13.5. The topological polar surface area (TPSA) is 103 Å². The molecular weight excluding hydrogens is 507 g/mol. The Kier molecular flexibility index (Phi) is 6.41. The highest BCUT2D eigenvalue weighted by Gasteiger charge is 2.37. The quantitative estimate of drug-likeness (QED) is 0.375. The Bertz CT molecular complexity index is 1470. The van der Waals surface area contributed by atoms with Crippen molar-refractivity contribution in [3.63, 3.8) is 0 Å². The molecule has 1 saturated heterocycles. The normalized spacial score (nSPS) is 15.7. The predicted octanol–water partition coefficient (Wildman–Crippen LogP) is 4.46. The van der Waals surface area contributed by atoms with E-state index in [1.807, 2.05) is 0 Å². The zero-order chi connectivity index (χ0) is 26.1. The van der Waals surface area contributed by atoms with Gasteiger partial charge in [-0.2, -0.15) is 0 Å². The standard InChI is InChI=1S/C26H18ClFN2O7/c1-34-22-10-15(9-19(27)23(22)35-12-14-3-2-4-16(28)7-14)8-18-24(31)29-26(33)30(25(18)32)17-5-6-20-21(11-17)37-13-36-20/h2-11H,12-13H2,1H3,(H,29,31,33)/b18-8+. The number of barbiturate groups is 1.